The number of hydrogen-bond donors (Lipinski definition) is 0. The van der Waals surface area contributed by atoms with Crippen molar-refractivity contribution in [3.8, 4) is 27.9 Å². The van der Waals surface area contributed by atoms with Crippen molar-refractivity contribution in [3.63, 3.8) is 0 Å². The van der Waals surface area contributed by atoms with Gasteiger partial charge in [0.25, 0.3) is 0 Å². The molecule has 2 heterocycles. The number of imidazole rings is 1. The molecule has 44 heavy (non-hydrogen) atoms. The summed E-state index contributed by atoms with van der Waals surface area (Å²) in [6.45, 7) is 2.06. The van der Waals surface area contributed by atoms with E-state index in [0.717, 1.165) is 38.5 Å². The minimum atomic E-state index is -3.71. The lowest BCUT2D eigenvalue weighted by molar-refractivity contribution is 0.594. The van der Waals surface area contributed by atoms with Crippen molar-refractivity contribution in [2.24, 2.45) is 0 Å². The number of para-hydroxylation sites is 1. The second kappa shape index (κ2) is 9.12. The normalized spacial score (nSPS) is 13.6. The van der Waals surface area contributed by atoms with E-state index in [-0.39, 0.29) is 0 Å². The Hall–Kier alpha value is -5.26. The molecule has 1 aliphatic heterocycles. The fourth-order valence-electron chi connectivity index (χ4n) is 7.22. The van der Waals surface area contributed by atoms with Crippen molar-refractivity contribution in [2.45, 2.75) is 23.1 Å². The molecular weight excluding hydrogens is 561 g/mol. The Morgan fingerprint density at radius 1 is 0.614 bits per heavy atom. The van der Waals surface area contributed by atoms with Crippen LogP contribution in [0.4, 0.5) is 0 Å². The second-order valence-electron chi connectivity index (χ2n) is 11.4. The van der Waals surface area contributed by atoms with E-state index in [1.54, 1.807) is 18.2 Å². The van der Waals surface area contributed by atoms with Crippen LogP contribution in [0.25, 0.3) is 71.3 Å². The molecule has 0 saturated carbocycles. The van der Waals surface area contributed by atoms with Gasteiger partial charge in [0.1, 0.15) is 5.82 Å². The quantitative estimate of drug-likeness (QED) is 0.194. The van der Waals surface area contributed by atoms with E-state index in [4.69, 9.17) is 4.98 Å². The summed E-state index contributed by atoms with van der Waals surface area (Å²) in [5.74, 6) is 0.849. The van der Waals surface area contributed by atoms with Crippen LogP contribution in [-0.2, 0) is 16.3 Å². The maximum Gasteiger partial charge on any atom is 0.210 e. The van der Waals surface area contributed by atoms with Gasteiger partial charge < -0.3 is 0 Å². The van der Waals surface area contributed by atoms with Gasteiger partial charge in [-0.15, -0.1) is 0 Å². The number of rotatable bonds is 3. The average molecular weight is 587 g/mol. The third-order valence-corrected chi connectivity index (χ3v) is 10.9. The van der Waals surface area contributed by atoms with E-state index in [0.29, 0.717) is 32.9 Å². The molecule has 0 spiro atoms. The molecule has 8 aromatic rings. The largest absolute Gasteiger partial charge is 0.294 e. The molecule has 9 rings (SSSR count). The standard InChI is InChI=1S/C39H26N2O2S/c1-2-36-40-32-19-10-20-35-39(32)41(36)33-23-25(21-22-34(33)44(35,42)43)37-28-14-5-7-16-30(28)38(31-17-8-6-15-29(31)37)27-18-9-12-24-11-3-4-13-26(24)27/h3-23H,2H2,1H3. The molecule has 0 aliphatic carbocycles. The van der Waals surface area contributed by atoms with Crippen LogP contribution in [0.2, 0.25) is 0 Å². The third kappa shape index (κ3) is 3.33. The van der Waals surface area contributed by atoms with E-state index in [1.165, 1.54) is 21.9 Å². The van der Waals surface area contributed by atoms with Crippen molar-refractivity contribution in [1.29, 1.82) is 0 Å². The van der Waals surface area contributed by atoms with Crippen LogP contribution in [0.1, 0.15) is 12.7 Å². The molecule has 0 amide bonds. The lowest BCUT2D eigenvalue weighted by atomic mass is 9.84. The minimum absolute atomic E-state index is 0.315. The van der Waals surface area contributed by atoms with Crippen molar-refractivity contribution in [2.75, 3.05) is 0 Å². The summed E-state index contributed by atoms with van der Waals surface area (Å²) < 4.78 is 29.9. The maximum atomic E-state index is 13.9. The van der Waals surface area contributed by atoms with E-state index < -0.39 is 9.84 Å². The summed E-state index contributed by atoms with van der Waals surface area (Å²) in [6.07, 6.45) is 0.684. The molecule has 4 nitrogen and oxygen atoms in total. The smallest absolute Gasteiger partial charge is 0.210 e. The number of aromatic nitrogens is 2. The van der Waals surface area contributed by atoms with E-state index in [9.17, 15) is 8.42 Å². The van der Waals surface area contributed by atoms with Gasteiger partial charge in [-0.1, -0.05) is 110 Å². The molecule has 7 aromatic carbocycles. The summed E-state index contributed by atoms with van der Waals surface area (Å²) >= 11 is 0. The van der Waals surface area contributed by atoms with Gasteiger partial charge in [-0.2, -0.15) is 0 Å². The van der Waals surface area contributed by atoms with Crippen LogP contribution in [-0.4, -0.2) is 18.0 Å². The fraction of sp³-hybridized carbons (Fsp3) is 0.0513. The first kappa shape index (κ1) is 25.3. The summed E-state index contributed by atoms with van der Waals surface area (Å²) in [5, 5.41) is 6.99. The highest BCUT2D eigenvalue weighted by Gasteiger charge is 2.33. The molecule has 0 bridgehead atoms. The second-order valence-corrected chi connectivity index (χ2v) is 13.3. The molecule has 0 radical (unpaired) electrons. The van der Waals surface area contributed by atoms with Crippen LogP contribution in [0.5, 0.6) is 0 Å². The zero-order chi connectivity index (χ0) is 29.6. The molecule has 0 saturated heterocycles. The summed E-state index contributed by atoms with van der Waals surface area (Å²) in [5.41, 5.74) is 6.49. The summed E-state index contributed by atoms with van der Waals surface area (Å²) in [4.78, 5) is 5.47. The van der Waals surface area contributed by atoms with E-state index >= 15 is 0 Å². The first-order valence-corrected chi connectivity index (χ1v) is 16.4. The summed E-state index contributed by atoms with van der Waals surface area (Å²) in [6, 6.07) is 43.4. The van der Waals surface area contributed by atoms with E-state index in [1.807, 2.05) is 12.1 Å². The van der Waals surface area contributed by atoms with Crippen molar-refractivity contribution in [3.05, 3.63) is 133 Å². The Bertz CT molecular complexity index is 2550. The number of hydrogen-bond acceptors (Lipinski definition) is 3. The van der Waals surface area contributed by atoms with Gasteiger partial charge in [0.2, 0.25) is 9.84 Å². The maximum absolute atomic E-state index is 13.9. The highest BCUT2D eigenvalue weighted by molar-refractivity contribution is 7.92. The number of benzene rings is 7. The predicted octanol–water partition coefficient (Wildman–Crippen LogP) is 9.53. The van der Waals surface area contributed by atoms with Crippen molar-refractivity contribution >= 4 is 53.2 Å². The van der Waals surface area contributed by atoms with Crippen LogP contribution in [0.3, 0.4) is 0 Å². The molecule has 1 aromatic heterocycles. The van der Waals surface area contributed by atoms with Gasteiger partial charge in [0.15, 0.2) is 0 Å². The molecule has 0 N–H and O–H groups in total. The monoisotopic (exact) mass is 586 g/mol. The average Bonchev–Trinajstić information content (AvgIpc) is 3.45. The van der Waals surface area contributed by atoms with Gasteiger partial charge in [-0.25, -0.2) is 13.4 Å². The molecule has 1 aliphatic rings. The minimum Gasteiger partial charge on any atom is -0.294 e. The van der Waals surface area contributed by atoms with E-state index in [2.05, 4.69) is 109 Å². The van der Waals surface area contributed by atoms with Crippen LogP contribution in [0.15, 0.2) is 137 Å². The van der Waals surface area contributed by atoms with Crippen molar-refractivity contribution in [1.82, 2.24) is 9.55 Å². The first-order chi connectivity index (χ1) is 21.6. The zero-order valence-corrected chi connectivity index (χ0v) is 24.8. The SMILES string of the molecule is CCc1nc2cccc3c2n1-c1cc(-c2c4ccccc4c(-c4cccc5ccccc45)c4ccccc24)ccc1S3(=O)=O. The van der Waals surface area contributed by atoms with Gasteiger partial charge in [-0.05, 0) is 78.8 Å². The van der Waals surface area contributed by atoms with Crippen molar-refractivity contribution < 1.29 is 8.42 Å². The third-order valence-electron chi connectivity index (χ3n) is 9.08. The van der Waals surface area contributed by atoms with Gasteiger partial charge in [-0.3, -0.25) is 4.57 Å². The Kier molecular flexibility index (Phi) is 5.23. The lowest BCUT2D eigenvalue weighted by Crippen LogP contribution is -2.16. The lowest BCUT2D eigenvalue weighted by Gasteiger charge is -2.23. The molecule has 0 fully saturated rings. The number of fused-ring (bicyclic) bond motifs is 5. The first-order valence-electron chi connectivity index (χ1n) is 14.9. The Morgan fingerprint density at radius 3 is 1.93 bits per heavy atom. The van der Waals surface area contributed by atoms with Crippen LogP contribution < -0.4 is 0 Å². The van der Waals surface area contributed by atoms with Gasteiger partial charge in [0, 0.05) is 6.42 Å². The van der Waals surface area contributed by atoms with Crippen LogP contribution in [0, 0.1) is 0 Å². The molecular formula is C39H26N2O2S. The highest BCUT2D eigenvalue weighted by Crippen LogP contribution is 2.47. The Morgan fingerprint density at radius 2 is 1.23 bits per heavy atom. The number of nitrogens with zero attached hydrogens (tertiary/aromatic N) is 2. The topological polar surface area (TPSA) is 52.0 Å². The predicted molar refractivity (Wildman–Crippen MR) is 179 cm³/mol. The zero-order valence-electron chi connectivity index (χ0n) is 24.0. The Labute approximate surface area is 254 Å². The van der Waals surface area contributed by atoms with Gasteiger partial charge >= 0.3 is 0 Å². The molecule has 5 heteroatoms. The number of aryl methyl sites for hydroxylation is 1. The van der Waals surface area contributed by atoms with Crippen LogP contribution >= 0.6 is 0 Å². The molecule has 0 unspecified atom stereocenters. The fourth-order valence-corrected chi connectivity index (χ4v) is 8.84. The summed E-state index contributed by atoms with van der Waals surface area (Å²) in [7, 11) is -3.71. The Balaban J connectivity index is 1.40. The number of sulfone groups is 1. The highest BCUT2D eigenvalue weighted by atomic mass is 32.2. The van der Waals surface area contributed by atoms with Gasteiger partial charge in [0.05, 0.1) is 26.5 Å². The molecule has 210 valence electrons. The molecule has 0 atom stereocenters.